The fourth-order valence-corrected chi connectivity index (χ4v) is 2.55. The molecular formula is C17H15BrF3N3O4. The van der Waals surface area contributed by atoms with Gasteiger partial charge in [-0.3, -0.25) is 9.63 Å². The maximum absolute atomic E-state index is 14.4. The van der Waals surface area contributed by atoms with Gasteiger partial charge in [0.15, 0.2) is 11.6 Å². The molecule has 150 valence electrons. The summed E-state index contributed by atoms with van der Waals surface area (Å²) in [6, 6.07) is 5.02. The van der Waals surface area contributed by atoms with Gasteiger partial charge in [-0.1, -0.05) is 11.2 Å². The maximum atomic E-state index is 14.4. The van der Waals surface area contributed by atoms with Crippen molar-refractivity contribution in [2.24, 2.45) is 5.18 Å². The first-order valence-corrected chi connectivity index (χ1v) is 8.63. The number of rotatable bonds is 8. The number of aliphatic hydroxyl groups is 1. The number of halogens is 4. The molecule has 2 rings (SSSR count). The smallest absolute Gasteiger partial charge is 0.277 e. The second-order valence-corrected chi connectivity index (χ2v) is 6.58. The standard InChI is InChI=1S/C17H15BrF3N3O4/c1-8-2-3-13(12(19)4-8)23-16-10(5-11(18)14(20)15(16)21)17(26)24-28-7-9(25)6-22-27/h2-5,9,23,25H,6-7H2,1H3,(H,24,26). The first-order chi connectivity index (χ1) is 13.2. The Bertz CT molecular complexity index is 898. The normalized spacial score (nSPS) is 11.8. The number of aliphatic hydroxyl groups excluding tert-OH is 1. The van der Waals surface area contributed by atoms with Crippen LogP contribution in [0, 0.1) is 29.3 Å². The minimum Gasteiger partial charge on any atom is -0.389 e. The largest absolute Gasteiger partial charge is 0.389 e. The highest BCUT2D eigenvalue weighted by Gasteiger charge is 2.23. The van der Waals surface area contributed by atoms with Crippen molar-refractivity contribution < 1.29 is 27.9 Å². The average molecular weight is 462 g/mol. The molecule has 0 saturated heterocycles. The summed E-state index contributed by atoms with van der Waals surface area (Å²) in [6.45, 7) is 0.737. The Labute approximate surface area is 165 Å². The topological polar surface area (TPSA) is 100 Å². The predicted molar refractivity (Wildman–Crippen MR) is 98.6 cm³/mol. The summed E-state index contributed by atoms with van der Waals surface area (Å²) in [6.07, 6.45) is -1.26. The molecule has 2 aromatic carbocycles. The van der Waals surface area contributed by atoms with Crippen molar-refractivity contribution in [3.63, 3.8) is 0 Å². The molecule has 0 aliphatic heterocycles. The molecule has 0 aliphatic carbocycles. The van der Waals surface area contributed by atoms with Gasteiger partial charge in [-0.05, 0) is 46.6 Å². The highest BCUT2D eigenvalue weighted by Crippen LogP contribution is 2.32. The number of nitroso groups, excluding NO2 is 1. The van der Waals surface area contributed by atoms with Crippen LogP contribution in [0.3, 0.4) is 0 Å². The van der Waals surface area contributed by atoms with Crippen LogP contribution in [0.1, 0.15) is 15.9 Å². The van der Waals surface area contributed by atoms with Crippen molar-refractivity contribution in [3.8, 4) is 0 Å². The van der Waals surface area contributed by atoms with Gasteiger partial charge in [0, 0.05) is 0 Å². The molecule has 7 nitrogen and oxygen atoms in total. The van der Waals surface area contributed by atoms with Gasteiger partial charge >= 0.3 is 0 Å². The monoisotopic (exact) mass is 461 g/mol. The Hall–Kier alpha value is -2.50. The fourth-order valence-electron chi connectivity index (χ4n) is 2.15. The number of benzene rings is 2. The minimum atomic E-state index is -1.41. The van der Waals surface area contributed by atoms with Gasteiger partial charge in [0.1, 0.15) is 25.1 Å². The molecule has 0 spiro atoms. The Kier molecular flexibility index (Phi) is 7.49. The van der Waals surface area contributed by atoms with Crippen LogP contribution < -0.4 is 10.8 Å². The van der Waals surface area contributed by atoms with Crippen molar-refractivity contribution in [3.05, 3.63) is 62.2 Å². The number of nitrogens with zero attached hydrogens (tertiary/aromatic N) is 1. The summed E-state index contributed by atoms with van der Waals surface area (Å²) in [5, 5.41) is 14.2. The van der Waals surface area contributed by atoms with Crippen molar-refractivity contribution in [2.45, 2.75) is 13.0 Å². The fraction of sp³-hybridized carbons (Fsp3) is 0.235. The number of aryl methyl sites for hydroxylation is 1. The van der Waals surface area contributed by atoms with Crippen LogP contribution in [0.25, 0.3) is 0 Å². The summed E-state index contributed by atoms with van der Waals surface area (Å²) in [5.41, 5.74) is 1.36. The van der Waals surface area contributed by atoms with E-state index in [1.807, 2.05) is 5.48 Å². The Morgan fingerprint density at radius 2 is 2.00 bits per heavy atom. The molecule has 11 heteroatoms. The van der Waals surface area contributed by atoms with E-state index in [4.69, 9.17) is 4.84 Å². The van der Waals surface area contributed by atoms with E-state index >= 15 is 0 Å². The Morgan fingerprint density at radius 3 is 2.64 bits per heavy atom. The number of hydroxylamine groups is 1. The molecule has 0 bridgehead atoms. The van der Waals surface area contributed by atoms with E-state index in [1.54, 1.807) is 13.0 Å². The molecule has 0 aromatic heterocycles. The summed E-state index contributed by atoms with van der Waals surface area (Å²) in [5.74, 6) is -4.42. The van der Waals surface area contributed by atoms with Crippen molar-refractivity contribution in [1.29, 1.82) is 0 Å². The lowest BCUT2D eigenvalue weighted by Gasteiger charge is -2.16. The third-order valence-corrected chi connectivity index (χ3v) is 4.09. The number of carbonyl (C=O) groups is 1. The molecule has 0 radical (unpaired) electrons. The number of carbonyl (C=O) groups excluding carboxylic acids is 1. The van der Waals surface area contributed by atoms with Crippen LogP contribution in [-0.2, 0) is 4.84 Å². The minimum absolute atomic E-state index is 0.173. The Morgan fingerprint density at radius 1 is 1.29 bits per heavy atom. The van der Waals surface area contributed by atoms with Crippen molar-refractivity contribution in [1.82, 2.24) is 5.48 Å². The summed E-state index contributed by atoms with van der Waals surface area (Å²) < 4.78 is 42.1. The first-order valence-electron chi connectivity index (χ1n) is 7.84. The van der Waals surface area contributed by atoms with Crippen LogP contribution >= 0.6 is 15.9 Å². The van der Waals surface area contributed by atoms with Gasteiger partial charge in [-0.25, -0.2) is 18.7 Å². The summed E-state index contributed by atoms with van der Waals surface area (Å²) in [7, 11) is 0. The highest BCUT2D eigenvalue weighted by atomic mass is 79.9. The maximum Gasteiger partial charge on any atom is 0.277 e. The molecule has 0 heterocycles. The van der Waals surface area contributed by atoms with E-state index in [2.05, 4.69) is 26.4 Å². The lowest BCUT2D eigenvalue weighted by atomic mass is 10.1. The van der Waals surface area contributed by atoms with Crippen LogP contribution in [-0.4, -0.2) is 30.3 Å². The van der Waals surface area contributed by atoms with Gasteiger partial charge in [-0.15, -0.1) is 0 Å². The van der Waals surface area contributed by atoms with E-state index in [-0.39, 0.29) is 10.2 Å². The Balaban J connectivity index is 2.30. The van der Waals surface area contributed by atoms with Gasteiger partial charge in [0.05, 0.1) is 21.4 Å². The van der Waals surface area contributed by atoms with E-state index in [0.29, 0.717) is 5.56 Å². The van der Waals surface area contributed by atoms with Gasteiger partial charge in [0.25, 0.3) is 5.91 Å². The van der Waals surface area contributed by atoms with Crippen LogP contribution in [0.15, 0.2) is 33.9 Å². The number of amides is 1. The molecule has 1 amide bonds. The number of anilines is 2. The molecule has 0 saturated carbocycles. The number of nitrogens with one attached hydrogen (secondary N) is 2. The molecule has 2 aromatic rings. The molecule has 1 unspecified atom stereocenters. The molecular weight excluding hydrogens is 447 g/mol. The summed E-state index contributed by atoms with van der Waals surface area (Å²) >= 11 is 2.80. The second-order valence-electron chi connectivity index (χ2n) is 5.72. The SMILES string of the molecule is Cc1ccc(Nc2c(C(=O)NOCC(O)CN=O)cc(Br)c(F)c2F)c(F)c1. The lowest BCUT2D eigenvalue weighted by molar-refractivity contribution is -0.00952. The van der Waals surface area contributed by atoms with Gasteiger partial charge in [0.2, 0.25) is 0 Å². The van der Waals surface area contributed by atoms with Gasteiger partial charge in [-0.2, -0.15) is 4.91 Å². The number of hydrogen-bond donors (Lipinski definition) is 3. The quantitative estimate of drug-likeness (QED) is 0.316. The zero-order valence-electron chi connectivity index (χ0n) is 14.4. The third kappa shape index (κ3) is 5.27. The zero-order chi connectivity index (χ0) is 20.8. The molecule has 1 atom stereocenters. The third-order valence-electron chi connectivity index (χ3n) is 3.52. The van der Waals surface area contributed by atoms with E-state index in [0.717, 1.165) is 6.07 Å². The molecule has 3 N–H and O–H groups in total. The number of hydrogen-bond acceptors (Lipinski definition) is 6. The lowest BCUT2D eigenvalue weighted by Crippen LogP contribution is -2.30. The van der Waals surface area contributed by atoms with Crippen LogP contribution in [0.4, 0.5) is 24.5 Å². The van der Waals surface area contributed by atoms with E-state index in [1.165, 1.54) is 12.1 Å². The first kappa shape index (κ1) is 21.8. The van der Waals surface area contributed by atoms with Gasteiger partial charge < -0.3 is 10.4 Å². The summed E-state index contributed by atoms with van der Waals surface area (Å²) in [4.78, 5) is 27.1. The second kappa shape index (κ2) is 9.62. The zero-order valence-corrected chi connectivity index (χ0v) is 16.0. The van der Waals surface area contributed by atoms with E-state index < -0.39 is 53.9 Å². The molecule has 0 aliphatic rings. The average Bonchev–Trinajstić information content (AvgIpc) is 2.63. The molecule has 0 fully saturated rings. The van der Waals surface area contributed by atoms with E-state index in [9.17, 15) is 28.0 Å². The van der Waals surface area contributed by atoms with Crippen molar-refractivity contribution in [2.75, 3.05) is 18.5 Å². The van der Waals surface area contributed by atoms with Crippen LogP contribution in [0.5, 0.6) is 0 Å². The van der Waals surface area contributed by atoms with Crippen LogP contribution in [0.2, 0.25) is 0 Å². The molecule has 28 heavy (non-hydrogen) atoms. The highest BCUT2D eigenvalue weighted by molar-refractivity contribution is 9.10. The van der Waals surface area contributed by atoms with Crippen molar-refractivity contribution >= 4 is 33.2 Å². The predicted octanol–water partition coefficient (Wildman–Crippen LogP) is 3.71.